The van der Waals surface area contributed by atoms with Gasteiger partial charge in [0.1, 0.15) is 10.4 Å². The van der Waals surface area contributed by atoms with Crippen molar-refractivity contribution in [2.45, 2.75) is 6.61 Å². The molecule has 1 aromatic carbocycles. The summed E-state index contributed by atoms with van der Waals surface area (Å²) in [4.78, 5) is 8.48. The fourth-order valence-electron chi connectivity index (χ4n) is 1.76. The predicted molar refractivity (Wildman–Crippen MR) is 73.1 cm³/mol. The highest BCUT2D eigenvalue weighted by Gasteiger charge is 2.09. The Bertz CT molecular complexity index is 727. The third kappa shape index (κ3) is 2.45. The zero-order valence-corrected chi connectivity index (χ0v) is 11.4. The van der Waals surface area contributed by atoms with E-state index in [2.05, 4.69) is 25.9 Å². The van der Waals surface area contributed by atoms with Crippen LogP contribution >= 0.6 is 15.9 Å². The summed E-state index contributed by atoms with van der Waals surface area (Å²) >= 11 is 3.33. The highest BCUT2D eigenvalue weighted by Crippen LogP contribution is 2.25. The van der Waals surface area contributed by atoms with Crippen LogP contribution in [0.5, 0.6) is 11.6 Å². The van der Waals surface area contributed by atoms with Crippen molar-refractivity contribution in [2.75, 3.05) is 0 Å². The van der Waals surface area contributed by atoms with Crippen LogP contribution in [0.3, 0.4) is 0 Å². The SMILES string of the molecule is OCc1cccc(Oc2nc(Br)cn3ccnc23)c1. The van der Waals surface area contributed by atoms with Gasteiger partial charge >= 0.3 is 0 Å². The number of benzene rings is 1. The number of fused-ring (bicyclic) bond motifs is 1. The first-order valence-electron chi connectivity index (χ1n) is 5.63. The van der Waals surface area contributed by atoms with Crippen molar-refractivity contribution in [3.8, 4) is 11.6 Å². The number of aromatic nitrogens is 3. The van der Waals surface area contributed by atoms with Crippen LogP contribution in [-0.4, -0.2) is 19.5 Å². The molecule has 0 radical (unpaired) electrons. The van der Waals surface area contributed by atoms with Crippen molar-refractivity contribution in [3.63, 3.8) is 0 Å². The Morgan fingerprint density at radius 1 is 1.37 bits per heavy atom. The number of hydrogen-bond donors (Lipinski definition) is 1. The first-order valence-corrected chi connectivity index (χ1v) is 6.42. The molecule has 5 nitrogen and oxygen atoms in total. The molecule has 0 spiro atoms. The number of nitrogens with zero attached hydrogens (tertiary/aromatic N) is 3. The van der Waals surface area contributed by atoms with Crippen molar-refractivity contribution >= 4 is 21.6 Å². The van der Waals surface area contributed by atoms with Crippen LogP contribution in [-0.2, 0) is 6.61 Å². The number of halogens is 1. The van der Waals surface area contributed by atoms with E-state index in [1.165, 1.54) is 0 Å². The molecular weight excluding hydrogens is 310 g/mol. The standard InChI is InChI=1S/C13H10BrN3O2/c14-11-7-17-5-4-15-12(17)13(16-11)19-10-3-1-2-9(6-10)8-18/h1-7,18H,8H2. The van der Waals surface area contributed by atoms with E-state index in [-0.39, 0.29) is 6.61 Å². The summed E-state index contributed by atoms with van der Waals surface area (Å²) in [5.74, 6) is 1.02. The molecule has 0 aliphatic carbocycles. The summed E-state index contributed by atoms with van der Waals surface area (Å²) in [6.45, 7) is -0.0259. The summed E-state index contributed by atoms with van der Waals surface area (Å²) < 4.78 is 8.22. The molecule has 19 heavy (non-hydrogen) atoms. The van der Waals surface area contributed by atoms with Gasteiger partial charge in [-0.2, -0.15) is 0 Å². The predicted octanol–water partition coefficient (Wildman–Crippen LogP) is 2.78. The van der Waals surface area contributed by atoms with E-state index in [9.17, 15) is 0 Å². The highest BCUT2D eigenvalue weighted by molar-refractivity contribution is 9.10. The Morgan fingerprint density at radius 3 is 3.11 bits per heavy atom. The van der Waals surface area contributed by atoms with Crippen LogP contribution in [0.25, 0.3) is 5.65 Å². The normalized spacial score (nSPS) is 10.8. The minimum Gasteiger partial charge on any atom is -0.436 e. The summed E-state index contributed by atoms with van der Waals surface area (Å²) in [6.07, 6.45) is 5.30. The van der Waals surface area contributed by atoms with Gasteiger partial charge in [-0.3, -0.25) is 4.40 Å². The van der Waals surface area contributed by atoms with Crippen LogP contribution < -0.4 is 4.74 Å². The van der Waals surface area contributed by atoms with Crippen LogP contribution in [0, 0.1) is 0 Å². The summed E-state index contributed by atoms with van der Waals surface area (Å²) in [5, 5.41) is 9.12. The van der Waals surface area contributed by atoms with Gasteiger partial charge in [0.2, 0.25) is 5.65 Å². The van der Waals surface area contributed by atoms with Crippen molar-refractivity contribution in [1.82, 2.24) is 14.4 Å². The zero-order chi connectivity index (χ0) is 13.2. The van der Waals surface area contributed by atoms with Crippen LogP contribution in [0.1, 0.15) is 5.56 Å². The molecule has 1 N–H and O–H groups in total. The van der Waals surface area contributed by atoms with Gasteiger partial charge in [-0.15, -0.1) is 0 Å². The molecule has 0 unspecified atom stereocenters. The Labute approximate surface area is 117 Å². The van der Waals surface area contributed by atoms with Gasteiger partial charge in [0, 0.05) is 18.6 Å². The second-order valence-electron chi connectivity index (χ2n) is 3.93. The van der Waals surface area contributed by atoms with E-state index in [0.29, 0.717) is 21.9 Å². The second kappa shape index (κ2) is 4.99. The molecule has 0 aliphatic rings. The number of hydrogen-bond acceptors (Lipinski definition) is 4. The lowest BCUT2D eigenvalue weighted by Gasteiger charge is -2.07. The van der Waals surface area contributed by atoms with Gasteiger partial charge in [-0.25, -0.2) is 9.97 Å². The largest absolute Gasteiger partial charge is 0.436 e. The number of aliphatic hydroxyl groups excluding tert-OH is 1. The number of imidazole rings is 1. The number of aliphatic hydroxyl groups is 1. The lowest BCUT2D eigenvalue weighted by molar-refractivity contribution is 0.281. The first-order chi connectivity index (χ1) is 9.26. The Hall–Kier alpha value is -1.92. The smallest absolute Gasteiger partial charge is 0.264 e. The fraction of sp³-hybridized carbons (Fsp3) is 0.0769. The Morgan fingerprint density at radius 2 is 2.26 bits per heavy atom. The van der Waals surface area contributed by atoms with E-state index < -0.39 is 0 Å². The maximum Gasteiger partial charge on any atom is 0.264 e. The third-order valence-corrected chi connectivity index (χ3v) is 2.99. The average molecular weight is 320 g/mol. The fourth-order valence-corrected chi connectivity index (χ4v) is 2.14. The van der Waals surface area contributed by atoms with Crippen LogP contribution in [0.15, 0.2) is 47.5 Å². The van der Waals surface area contributed by atoms with E-state index in [1.54, 1.807) is 24.5 Å². The van der Waals surface area contributed by atoms with Crippen molar-refractivity contribution < 1.29 is 9.84 Å². The Balaban J connectivity index is 2.02. The molecule has 3 aromatic rings. The molecule has 0 saturated heterocycles. The molecule has 0 aliphatic heterocycles. The monoisotopic (exact) mass is 319 g/mol. The third-order valence-electron chi connectivity index (χ3n) is 2.61. The average Bonchev–Trinajstić information content (AvgIpc) is 2.87. The minimum atomic E-state index is -0.0259. The van der Waals surface area contributed by atoms with Gasteiger partial charge in [0.25, 0.3) is 5.88 Å². The molecule has 96 valence electrons. The van der Waals surface area contributed by atoms with E-state index >= 15 is 0 Å². The molecule has 0 bridgehead atoms. The summed E-state index contributed by atoms with van der Waals surface area (Å²) in [5.41, 5.74) is 1.42. The molecule has 0 fully saturated rings. The lowest BCUT2D eigenvalue weighted by Crippen LogP contribution is -1.95. The van der Waals surface area contributed by atoms with Gasteiger partial charge < -0.3 is 9.84 Å². The molecule has 2 heterocycles. The van der Waals surface area contributed by atoms with E-state index in [0.717, 1.165) is 5.56 Å². The summed E-state index contributed by atoms with van der Waals surface area (Å²) in [6, 6.07) is 7.22. The number of ether oxygens (including phenoxy) is 1. The minimum absolute atomic E-state index is 0.0259. The maximum absolute atomic E-state index is 9.12. The highest BCUT2D eigenvalue weighted by atomic mass is 79.9. The van der Waals surface area contributed by atoms with Gasteiger partial charge in [-0.05, 0) is 33.6 Å². The lowest BCUT2D eigenvalue weighted by atomic mass is 10.2. The molecular formula is C13H10BrN3O2. The van der Waals surface area contributed by atoms with Gasteiger partial charge in [0.05, 0.1) is 6.61 Å². The molecule has 0 saturated carbocycles. The topological polar surface area (TPSA) is 59.7 Å². The van der Waals surface area contributed by atoms with E-state index in [1.807, 2.05) is 22.7 Å². The van der Waals surface area contributed by atoms with Crippen LogP contribution in [0.4, 0.5) is 0 Å². The maximum atomic E-state index is 9.12. The molecule has 0 amide bonds. The quantitative estimate of drug-likeness (QED) is 0.806. The number of rotatable bonds is 3. The van der Waals surface area contributed by atoms with Gasteiger partial charge in [0.15, 0.2) is 0 Å². The Kier molecular flexibility index (Phi) is 3.18. The van der Waals surface area contributed by atoms with E-state index in [4.69, 9.17) is 9.84 Å². The van der Waals surface area contributed by atoms with Crippen molar-refractivity contribution in [1.29, 1.82) is 0 Å². The molecule has 2 aromatic heterocycles. The second-order valence-corrected chi connectivity index (χ2v) is 4.75. The molecule has 3 rings (SSSR count). The van der Waals surface area contributed by atoms with Crippen molar-refractivity contribution in [3.05, 3.63) is 53.0 Å². The molecule has 0 atom stereocenters. The first kappa shape index (κ1) is 12.1. The summed E-state index contributed by atoms with van der Waals surface area (Å²) in [7, 11) is 0. The van der Waals surface area contributed by atoms with Crippen molar-refractivity contribution in [2.24, 2.45) is 0 Å². The molecule has 6 heteroatoms. The zero-order valence-electron chi connectivity index (χ0n) is 9.82. The van der Waals surface area contributed by atoms with Gasteiger partial charge in [-0.1, -0.05) is 12.1 Å². The van der Waals surface area contributed by atoms with Crippen LogP contribution in [0.2, 0.25) is 0 Å².